The second kappa shape index (κ2) is 6.24. The molecule has 0 amide bonds. The Labute approximate surface area is 130 Å². The van der Waals surface area contributed by atoms with Gasteiger partial charge in [-0.15, -0.1) is 0 Å². The fraction of sp³-hybridized carbons (Fsp3) is 0.143. The van der Waals surface area contributed by atoms with Gasteiger partial charge < -0.3 is 5.32 Å². The summed E-state index contributed by atoms with van der Waals surface area (Å²) < 4.78 is 0.907. The maximum absolute atomic E-state index is 11.0. The lowest BCUT2D eigenvalue weighted by molar-refractivity contribution is -0.384. The fourth-order valence-electron chi connectivity index (χ4n) is 1.82. The van der Waals surface area contributed by atoms with Crippen molar-refractivity contribution in [3.63, 3.8) is 0 Å². The highest BCUT2D eigenvalue weighted by atomic mass is 79.9. The van der Waals surface area contributed by atoms with Crippen molar-refractivity contribution in [2.45, 2.75) is 13.5 Å². The third-order valence-electron chi connectivity index (χ3n) is 2.83. The van der Waals surface area contributed by atoms with Crippen LogP contribution < -0.4 is 5.32 Å². The number of nitro benzene ring substituents is 1. The van der Waals surface area contributed by atoms with Crippen LogP contribution in [0.25, 0.3) is 0 Å². The first-order valence-corrected chi connectivity index (χ1v) is 7.07. The zero-order chi connectivity index (χ0) is 14.7. The molecule has 0 unspecified atom stereocenters. The van der Waals surface area contributed by atoms with Crippen molar-refractivity contribution in [1.82, 2.24) is 0 Å². The molecule has 0 heterocycles. The summed E-state index contributed by atoms with van der Waals surface area (Å²) in [6.07, 6.45) is 0. The topological polar surface area (TPSA) is 55.2 Å². The Bertz CT molecular complexity index is 662. The third-order valence-corrected chi connectivity index (χ3v) is 3.83. The Morgan fingerprint density at radius 2 is 2.05 bits per heavy atom. The van der Waals surface area contributed by atoms with Crippen LogP contribution in [0.5, 0.6) is 0 Å². The Hall–Kier alpha value is -1.59. The molecule has 6 heteroatoms. The SMILES string of the molecule is Cc1ccc([N+](=O)[O-])c(NCc2cc(Cl)ccc2Br)c1. The highest BCUT2D eigenvalue weighted by molar-refractivity contribution is 9.10. The molecule has 0 saturated heterocycles. The molecule has 0 spiro atoms. The maximum atomic E-state index is 11.0. The maximum Gasteiger partial charge on any atom is 0.292 e. The number of rotatable bonds is 4. The summed E-state index contributed by atoms with van der Waals surface area (Å²) in [4.78, 5) is 10.6. The molecule has 0 fully saturated rings. The summed E-state index contributed by atoms with van der Waals surface area (Å²) in [5.74, 6) is 0. The predicted octanol–water partition coefficient (Wildman–Crippen LogP) is 4.93. The highest BCUT2D eigenvalue weighted by Crippen LogP contribution is 2.27. The Balaban J connectivity index is 2.24. The van der Waals surface area contributed by atoms with Crippen LogP contribution in [-0.2, 0) is 6.54 Å². The van der Waals surface area contributed by atoms with E-state index < -0.39 is 4.92 Å². The van der Waals surface area contributed by atoms with E-state index in [-0.39, 0.29) is 5.69 Å². The summed E-state index contributed by atoms with van der Waals surface area (Å²) in [5.41, 5.74) is 2.46. The largest absolute Gasteiger partial charge is 0.375 e. The number of nitrogens with zero attached hydrogens (tertiary/aromatic N) is 1. The van der Waals surface area contributed by atoms with E-state index in [0.29, 0.717) is 17.3 Å². The van der Waals surface area contributed by atoms with Crippen LogP contribution in [-0.4, -0.2) is 4.92 Å². The zero-order valence-electron chi connectivity index (χ0n) is 10.7. The van der Waals surface area contributed by atoms with E-state index in [4.69, 9.17) is 11.6 Å². The smallest absolute Gasteiger partial charge is 0.292 e. The lowest BCUT2D eigenvalue weighted by Crippen LogP contribution is -2.03. The summed E-state index contributed by atoms with van der Waals surface area (Å²) in [6.45, 7) is 2.34. The summed E-state index contributed by atoms with van der Waals surface area (Å²) in [6, 6.07) is 10.4. The standard InChI is InChI=1S/C14H12BrClN2O2/c1-9-2-5-14(18(19)20)13(6-9)17-8-10-7-11(16)3-4-12(10)15/h2-7,17H,8H2,1H3. The van der Waals surface area contributed by atoms with Crippen LogP contribution in [0.2, 0.25) is 5.02 Å². The number of nitro groups is 1. The average Bonchev–Trinajstić information content (AvgIpc) is 2.39. The van der Waals surface area contributed by atoms with E-state index in [1.807, 2.05) is 19.1 Å². The van der Waals surface area contributed by atoms with Gasteiger partial charge >= 0.3 is 0 Å². The molecule has 0 bridgehead atoms. The van der Waals surface area contributed by atoms with E-state index in [2.05, 4.69) is 21.2 Å². The average molecular weight is 356 g/mol. The molecule has 0 aromatic heterocycles. The van der Waals surface area contributed by atoms with Gasteiger partial charge in [0.2, 0.25) is 0 Å². The molecule has 0 aliphatic rings. The van der Waals surface area contributed by atoms with Crippen molar-refractivity contribution in [2.75, 3.05) is 5.32 Å². The lowest BCUT2D eigenvalue weighted by atomic mass is 10.1. The fourth-order valence-corrected chi connectivity index (χ4v) is 2.40. The summed E-state index contributed by atoms with van der Waals surface area (Å²) in [7, 11) is 0. The molecule has 1 N–H and O–H groups in total. The predicted molar refractivity (Wildman–Crippen MR) is 84.3 cm³/mol. The van der Waals surface area contributed by atoms with Crippen molar-refractivity contribution in [1.29, 1.82) is 0 Å². The zero-order valence-corrected chi connectivity index (χ0v) is 13.0. The van der Waals surface area contributed by atoms with E-state index >= 15 is 0 Å². The van der Waals surface area contributed by atoms with Crippen LogP contribution in [0.15, 0.2) is 40.9 Å². The first-order chi connectivity index (χ1) is 9.47. The minimum atomic E-state index is -0.394. The first-order valence-electron chi connectivity index (χ1n) is 5.90. The van der Waals surface area contributed by atoms with Crippen molar-refractivity contribution in [3.8, 4) is 0 Å². The molecule has 0 radical (unpaired) electrons. The molecule has 0 saturated carbocycles. The van der Waals surface area contributed by atoms with Gasteiger partial charge in [-0.25, -0.2) is 0 Å². The molecular weight excluding hydrogens is 344 g/mol. The Morgan fingerprint density at radius 1 is 1.30 bits per heavy atom. The summed E-state index contributed by atoms with van der Waals surface area (Å²) >= 11 is 9.38. The highest BCUT2D eigenvalue weighted by Gasteiger charge is 2.13. The first kappa shape index (κ1) is 14.8. The van der Waals surface area contributed by atoms with Gasteiger partial charge in [-0.05, 0) is 42.3 Å². The van der Waals surface area contributed by atoms with Crippen LogP contribution >= 0.6 is 27.5 Å². The lowest BCUT2D eigenvalue weighted by Gasteiger charge is -2.10. The number of hydrogen-bond acceptors (Lipinski definition) is 3. The van der Waals surface area contributed by atoms with E-state index in [9.17, 15) is 10.1 Å². The molecule has 4 nitrogen and oxygen atoms in total. The number of aryl methyl sites for hydroxylation is 1. The minimum absolute atomic E-state index is 0.0637. The number of anilines is 1. The van der Waals surface area contributed by atoms with Gasteiger partial charge in [0.15, 0.2) is 0 Å². The normalized spacial score (nSPS) is 10.3. The number of nitrogens with one attached hydrogen (secondary N) is 1. The van der Waals surface area contributed by atoms with Crippen LogP contribution in [0, 0.1) is 17.0 Å². The van der Waals surface area contributed by atoms with E-state index in [1.165, 1.54) is 6.07 Å². The number of hydrogen-bond donors (Lipinski definition) is 1. The second-order valence-corrected chi connectivity index (χ2v) is 5.66. The van der Waals surface area contributed by atoms with Gasteiger partial charge in [0, 0.05) is 22.1 Å². The number of benzene rings is 2. The summed E-state index contributed by atoms with van der Waals surface area (Å²) in [5, 5.41) is 14.7. The monoisotopic (exact) mass is 354 g/mol. The van der Waals surface area contributed by atoms with Gasteiger partial charge in [-0.3, -0.25) is 10.1 Å². The van der Waals surface area contributed by atoms with E-state index in [0.717, 1.165) is 15.6 Å². The van der Waals surface area contributed by atoms with Gasteiger partial charge in [0.05, 0.1) is 4.92 Å². The molecule has 2 aromatic rings. The van der Waals surface area contributed by atoms with Gasteiger partial charge in [-0.1, -0.05) is 33.6 Å². The van der Waals surface area contributed by atoms with Crippen LogP contribution in [0.4, 0.5) is 11.4 Å². The van der Waals surface area contributed by atoms with E-state index in [1.54, 1.807) is 18.2 Å². The molecule has 0 atom stereocenters. The van der Waals surface area contributed by atoms with Gasteiger partial charge in [0.1, 0.15) is 5.69 Å². The molecule has 0 aliphatic heterocycles. The molecule has 0 aliphatic carbocycles. The molecule has 2 aromatic carbocycles. The van der Waals surface area contributed by atoms with Crippen molar-refractivity contribution >= 4 is 38.9 Å². The minimum Gasteiger partial charge on any atom is -0.375 e. The van der Waals surface area contributed by atoms with Gasteiger partial charge in [0.25, 0.3) is 5.69 Å². The quantitative estimate of drug-likeness (QED) is 0.625. The second-order valence-electron chi connectivity index (χ2n) is 4.37. The van der Waals surface area contributed by atoms with Crippen LogP contribution in [0.1, 0.15) is 11.1 Å². The van der Waals surface area contributed by atoms with Gasteiger partial charge in [-0.2, -0.15) is 0 Å². The molecule has 20 heavy (non-hydrogen) atoms. The van der Waals surface area contributed by atoms with Crippen molar-refractivity contribution in [2.24, 2.45) is 0 Å². The van der Waals surface area contributed by atoms with Crippen molar-refractivity contribution in [3.05, 3.63) is 67.1 Å². The Kier molecular flexibility index (Phi) is 4.62. The van der Waals surface area contributed by atoms with Crippen molar-refractivity contribution < 1.29 is 4.92 Å². The Morgan fingerprint density at radius 3 is 2.75 bits per heavy atom. The molecule has 104 valence electrons. The third kappa shape index (κ3) is 3.49. The van der Waals surface area contributed by atoms with Crippen LogP contribution in [0.3, 0.4) is 0 Å². The molecule has 2 rings (SSSR count). The number of halogens is 2. The molecular formula is C14H12BrClN2O2.